The molecule has 170 valence electrons. The van der Waals surface area contributed by atoms with E-state index in [1.54, 1.807) is 0 Å². The van der Waals surface area contributed by atoms with Crippen molar-refractivity contribution in [2.75, 3.05) is 19.6 Å². The molecule has 0 radical (unpaired) electrons. The second kappa shape index (κ2) is 8.78. The van der Waals surface area contributed by atoms with E-state index >= 15 is 0 Å². The number of nitrogens with zero attached hydrogens (tertiary/aromatic N) is 1. The third-order valence-electron chi connectivity index (χ3n) is 6.89. The summed E-state index contributed by atoms with van der Waals surface area (Å²) in [6, 6.07) is 4.59. The van der Waals surface area contributed by atoms with Crippen LogP contribution in [0.15, 0.2) is 24.3 Å². The van der Waals surface area contributed by atoms with Crippen molar-refractivity contribution >= 4 is 11.8 Å². The topological polar surface area (TPSA) is 81.7 Å². The predicted octanol–water partition coefficient (Wildman–Crippen LogP) is 2.18. The lowest BCUT2D eigenvalue weighted by atomic mass is 9.81. The van der Waals surface area contributed by atoms with Crippen LogP contribution >= 0.6 is 0 Å². The molecule has 9 heteroatoms. The summed E-state index contributed by atoms with van der Waals surface area (Å²) in [5.74, 6) is -0.0224. The van der Waals surface area contributed by atoms with Gasteiger partial charge in [-0.1, -0.05) is 6.07 Å². The number of fused-ring (bicyclic) bond motifs is 2. The first-order valence-electron chi connectivity index (χ1n) is 10.9. The van der Waals surface area contributed by atoms with Gasteiger partial charge in [0.2, 0.25) is 5.91 Å². The van der Waals surface area contributed by atoms with Gasteiger partial charge in [0, 0.05) is 30.7 Å². The standard InChI is InChI=1S/C22H28F3N3O3/c23-22(24,25)16-3-1-2-15(8-16)21(31)26-11-19(30)27-17-6-7-28(12-17)20-13-4-5-14(20)10-18(29)9-13/h1-3,8,13-14,17-18,20,29H,4-7,9-12H2,(H,26,31)(H,27,30)/t13?,14?,17-,18?,20?/m1/s1. The number of hydrogen-bond acceptors (Lipinski definition) is 4. The molecular weight excluding hydrogens is 411 g/mol. The highest BCUT2D eigenvalue weighted by Crippen LogP contribution is 2.45. The summed E-state index contributed by atoms with van der Waals surface area (Å²) in [7, 11) is 0. The lowest BCUT2D eigenvalue weighted by molar-refractivity contribution is -0.137. The number of aliphatic hydroxyl groups is 1. The Labute approximate surface area is 179 Å². The van der Waals surface area contributed by atoms with E-state index in [4.69, 9.17) is 0 Å². The Hall–Kier alpha value is -2.13. The van der Waals surface area contributed by atoms with Crippen molar-refractivity contribution in [3.63, 3.8) is 0 Å². The molecule has 3 aliphatic rings. The molecule has 1 heterocycles. The lowest BCUT2D eigenvalue weighted by Crippen LogP contribution is -2.48. The van der Waals surface area contributed by atoms with Crippen LogP contribution in [0, 0.1) is 11.8 Å². The highest BCUT2D eigenvalue weighted by Gasteiger charge is 2.46. The Morgan fingerprint density at radius 3 is 2.52 bits per heavy atom. The monoisotopic (exact) mass is 439 g/mol. The van der Waals surface area contributed by atoms with Gasteiger partial charge in [-0.05, 0) is 62.1 Å². The number of hydrogen-bond donors (Lipinski definition) is 3. The minimum atomic E-state index is -4.53. The number of halogens is 3. The molecule has 1 saturated heterocycles. The first-order valence-corrected chi connectivity index (χ1v) is 10.9. The number of benzene rings is 1. The Kier molecular flexibility index (Phi) is 6.25. The molecule has 2 aliphatic carbocycles. The SMILES string of the molecule is O=C(CNC(=O)c1cccc(C(F)(F)F)c1)N[C@@H]1CCN(C2C3CCC2CC(O)C3)C1. The Balaban J connectivity index is 1.24. The van der Waals surface area contributed by atoms with Gasteiger partial charge in [-0.3, -0.25) is 14.5 Å². The number of amides is 2. The number of likely N-dealkylation sites (tertiary alicyclic amines) is 1. The van der Waals surface area contributed by atoms with Crippen LogP contribution in [0.1, 0.15) is 48.0 Å². The fraction of sp³-hybridized carbons (Fsp3) is 0.636. The van der Waals surface area contributed by atoms with E-state index in [1.165, 1.54) is 12.1 Å². The van der Waals surface area contributed by atoms with Crippen molar-refractivity contribution < 1.29 is 27.9 Å². The van der Waals surface area contributed by atoms with E-state index in [2.05, 4.69) is 15.5 Å². The largest absolute Gasteiger partial charge is 0.416 e. The fourth-order valence-electron chi connectivity index (χ4n) is 5.61. The molecule has 2 saturated carbocycles. The van der Waals surface area contributed by atoms with E-state index in [9.17, 15) is 27.9 Å². The average molecular weight is 439 g/mol. The summed E-state index contributed by atoms with van der Waals surface area (Å²) in [4.78, 5) is 26.8. The number of alkyl halides is 3. The third kappa shape index (κ3) is 5.03. The molecule has 2 unspecified atom stereocenters. The Bertz CT molecular complexity index is 818. The smallest absolute Gasteiger partial charge is 0.393 e. The molecule has 1 aliphatic heterocycles. The van der Waals surface area contributed by atoms with Crippen LogP contribution in [-0.4, -0.2) is 59.6 Å². The molecule has 1 aromatic rings. The molecule has 0 aromatic heterocycles. The van der Waals surface area contributed by atoms with Gasteiger partial charge < -0.3 is 15.7 Å². The predicted molar refractivity (Wildman–Crippen MR) is 107 cm³/mol. The number of rotatable bonds is 5. The van der Waals surface area contributed by atoms with E-state index in [-0.39, 0.29) is 30.2 Å². The van der Waals surface area contributed by atoms with E-state index in [0.29, 0.717) is 17.9 Å². The van der Waals surface area contributed by atoms with Gasteiger partial charge in [0.25, 0.3) is 5.91 Å². The molecular formula is C22H28F3N3O3. The van der Waals surface area contributed by atoms with Gasteiger partial charge in [0.05, 0.1) is 18.2 Å². The minimum absolute atomic E-state index is 0.00999. The summed E-state index contributed by atoms with van der Waals surface area (Å²) < 4.78 is 38.4. The first kappa shape index (κ1) is 22.1. The zero-order chi connectivity index (χ0) is 22.2. The van der Waals surface area contributed by atoms with Gasteiger partial charge in [-0.2, -0.15) is 13.2 Å². The molecule has 2 bridgehead atoms. The molecule has 3 atom stereocenters. The van der Waals surface area contributed by atoms with Gasteiger partial charge in [0.1, 0.15) is 0 Å². The van der Waals surface area contributed by atoms with Crippen LogP contribution in [-0.2, 0) is 11.0 Å². The van der Waals surface area contributed by atoms with Crippen molar-refractivity contribution in [2.24, 2.45) is 11.8 Å². The molecule has 3 N–H and O–H groups in total. The normalized spacial score (nSPS) is 30.9. The quantitative estimate of drug-likeness (QED) is 0.657. The van der Waals surface area contributed by atoms with Gasteiger partial charge in [-0.15, -0.1) is 0 Å². The van der Waals surface area contributed by atoms with Gasteiger partial charge in [-0.25, -0.2) is 0 Å². The van der Waals surface area contributed by atoms with Crippen LogP contribution in [0.2, 0.25) is 0 Å². The van der Waals surface area contributed by atoms with Gasteiger partial charge >= 0.3 is 6.18 Å². The molecule has 3 fully saturated rings. The summed E-state index contributed by atoms with van der Waals surface area (Å²) in [6.07, 6.45) is 0.131. The van der Waals surface area contributed by atoms with Crippen LogP contribution in [0.3, 0.4) is 0 Å². The zero-order valence-corrected chi connectivity index (χ0v) is 17.2. The zero-order valence-electron chi connectivity index (χ0n) is 17.2. The maximum absolute atomic E-state index is 12.8. The second-order valence-electron chi connectivity index (χ2n) is 9.02. The van der Waals surface area contributed by atoms with Crippen molar-refractivity contribution in [3.8, 4) is 0 Å². The summed E-state index contributed by atoms with van der Waals surface area (Å²) in [5.41, 5.74) is -1.04. The third-order valence-corrected chi connectivity index (χ3v) is 6.89. The number of carbonyl (C=O) groups is 2. The number of nitrogens with one attached hydrogen (secondary N) is 2. The fourth-order valence-corrected chi connectivity index (χ4v) is 5.61. The van der Waals surface area contributed by atoms with Crippen molar-refractivity contribution in [1.29, 1.82) is 0 Å². The van der Waals surface area contributed by atoms with Crippen molar-refractivity contribution in [1.82, 2.24) is 15.5 Å². The molecule has 0 spiro atoms. The van der Waals surface area contributed by atoms with Crippen LogP contribution in [0.25, 0.3) is 0 Å². The maximum atomic E-state index is 12.8. The highest BCUT2D eigenvalue weighted by atomic mass is 19.4. The van der Waals surface area contributed by atoms with Gasteiger partial charge in [0.15, 0.2) is 0 Å². The van der Waals surface area contributed by atoms with Crippen molar-refractivity contribution in [3.05, 3.63) is 35.4 Å². The maximum Gasteiger partial charge on any atom is 0.416 e. The second-order valence-corrected chi connectivity index (χ2v) is 9.02. The Morgan fingerprint density at radius 1 is 1.13 bits per heavy atom. The van der Waals surface area contributed by atoms with Crippen LogP contribution in [0.4, 0.5) is 13.2 Å². The van der Waals surface area contributed by atoms with Crippen molar-refractivity contribution in [2.45, 2.75) is 56.5 Å². The lowest BCUT2D eigenvalue weighted by Gasteiger charge is -2.39. The first-order chi connectivity index (χ1) is 14.7. The summed E-state index contributed by atoms with van der Waals surface area (Å²) in [5, 5.41) is 15.3. The highest BCUT2D eigenvalue weighted by molar-refractivity contribution is 5.96. The Morgan fingerprint density at radius 2 is 1.84 bits per heavy atom. The molecule has 4 rings (SSSR count). The van der Waals surface area contributed by atoms with E-state index in [1.807, 2.05) is 0 Å². The molecule has 31 heavy (non-hydrogen) atoms. The molecule has 6 nitrogen and oxygen atoms in total. The average Bonchev–Trinajstić information content (AvgIpc) is 3.27. The summed E-state index contributed by atoms with van der Waals surface area (Å²) >= 11 is 0. The summed E-state index contributed by atoms with van der Waals surface area (Å²) in [6.45, 7) is 1.36. The number of aliphatic hydroxyl groups excluding tert-OH is 1. The minimum Gasteiger partial charge on any atom is -0.393 e. The molecule has 2 amide bonds. The molecule has 1 aromatic carbocycles. The van der Waals surface area contributed by atoms with E-state index < -0.39 is 17.6 Å². The number of carbonyl (C=O) groups excluding carboxylic acids is 2. The van der Waals surface area contributed by atoms with E-state index in [0.717, 1.165) is 57.3 Å². The van der Waals surface area contributed by atoms with Crippen LogP contribution in [0.5, 0.6) is 0 Å². The van der Waals surface area contributed by atoms with Crippen LogP contribution < -0.4 is 10.6 Å².